The molecule has 0 unspecified atom stereocenters. The zero-order chi connectivity index (χ0) is 17.4. The number of aryl methyl sites for hydroxylation is 1. The van der Waals surface area contributed by atoms with Crippen LogP contribution in [0, 0.1) is 11.3 Å². The number of benzene rings is 2. The lowest BCUT2D eigenvalue weighted by atomic mass is 9.63. The molecule has 3 aromatic rings. The van der Waals surface area contributed by atoms with E-state index in [2.05, 4.69) is 35.0 Å². The third-order valence-electron chi connectivity index (χ3n) is 4.66. The van der Waals surface area contributed by atoms with Gasteiger partial charge >= 0.3 is 6.92 Å². The third kappa shape index (κ3) is 3.06. The van der Waals surface area contributed by atoms with Crippen LogP contribution < -0.4 is 5.46 Å². The van der Waals surface area contributed by atoms with Gasteiger partial charge in [-0.05, 0) is 48.5 Å². The predicted molar refractivity (Wildman–Crippen MR) is 105 cm³/mol. The fourth-order valence-corrected chi connectivity index (χ4v) is 4.51. The average Bonchev–Trinajstić information content (AvgIpc) is 3.16. The summed E-state index contributed by atoms with van der Waals surface area (Å²) in [5.41, 5.74) is 4.39. The van der Waals surface area contributed by atoms with Crippen LogP contribution in [0.1, 0.15) is 12.0 Å². The molecule has 2 aromatic carbocycles. The molecule has 1 aliphatic heterocycles. The fourth-order valence-electron chi connectivity index (χ4n) is 3.43. The topological polar surface area (TPSA) is 49.0 Å². The smallest absolute Gasteiger partial charge is 0.324 e. The number of hydrogen-bond donors (Lipinski definition) is 1. The number of fused-ring (bicyclic) bond motifs is 2. The number of halogens is 1. The third-order valence-corrected chi connectivity index (χ3v) is 5.93. The van der Waals surface area contributed by atoms with Gasteiger partial charge in [0.25, 0.3) is 0 Å². The van der Waals surface area contributed by atoms with Crippen molar-refractivity contribution in [1.82, 2.24) is 4.57 Å². The van der Waals surface area contributed by atoms with E-state index in [9.17, 15) is 5.02 Å². The molecule has 0 radical (unpaired) electrons. The Morgan fingerprint density at radius 2 is 2.16 bits per heavy atom. The first-order valence-corrected chi connectivity index (χ1v) is 9.65. The van der Waals surface area contributed by atoms with Crippen LogP contribution in [-0.2, 0) is 6.42 Å². The molecule has 0 saturated carbocycles. The Kier molecular flexibility index (Phi) is 4.51. The zero-order valence-electron chi connectivity index (χ0n) is 13.6. The van der Waals surface area contributed by atoms with E-state index in [0.29, 0.717) is 11.4 Å². The van der Waals surface area contributed by atoms with E-state index in [4.69, 9.17) is 16.9 Å². The van der Waals surface area contributed by atoms with Gasteiger partial charge in [0.15, 0.2) is 0 Å². The molecule has 124 valence electrons. The Hall–Kier alpha value is -1.87. The highest BCUT2D eigenvalue weighted by molar-refractivity contribution is 7.99. The van der Waals surface area contributed by atoms with Crippen LogP contribution in [0.3, 0.4) is 0 Å². The van der Waals surface area contributed by atoms with Crippen LogP contribution in [-0.4, -0.2) is 22.3 Å². The van der Waals surface area contributed by atoms with Crippen LogP contribution >= 0.6 is 23.4 Å². The van der Waals surface area contributed by atoms with Crippen molar-refractivity contribution in [3.63, 3.8) is 0 Å². The zero-order valence-corrected chi connectivity index (χ0v) is 15.1. The first-order chi connectivity index (χ1) is 12.2. The molecule has 0 bridgehead atoms. The van der Waals surface area contributed by atoms with Crippen molar-refractivity contribution in [3.8, 4) is 11.8 Å². The summed E-state index contributed by atoms with van der Waals surface area (Å²) < 4.78 is 2.14. The first-order valence-electron chi connectivity index (χ1n) is 8.29. The molecule has 25 heavy (non-hydrogen) atoms. The highest BCUT2D eigenvalue weighted by Crippen LogP contribution is 2.34. The maximum Gasteiger partial charge on any atom is 0.324 e. The molecule has 1 aromatic heterocycles. The van der Waals surface area contributed by atoms with Gasteiger partial charge in [0.2, 0.25) is 0 Å². The maximum atomic E-state index is 10.2. The van der Waals surface area contributed by atoms with Gasteiger partial charge < -0.3 is 9.59 Å². The molecule has 3 nitrogen and oxygen atoms in total. The molecule has 1 aliphatic rings. The van der Waals surface area contributed by atoms with Gasteiger partial charge in [-0.1, -0.05) is 23.2 Å². The van der Waals surface area contributed by atoms with E-state index in [0.717, 1.165) is 45.4 Å². The number of hydrogen-bond acceptors (Lipinski definition) is 3. The second-order valence-electron chi connectivity index (χ2n) is 6.22. The molecule has 0 saturated heterocycles. The molecule has 0 spiro atoms. The van der Waals surface area contributed by atoms with E-state index >= 15 is 0 Å². The SMILES string of the molecule is N#CCCSc1cn(-c2ccc3c(c2)B(O)CC3)c2ccc(Cl)cc12. The Labute approximate surface area is 156 Å². The molecule has 1 N–H and O–H groups in total. The summed E-state index contributed by atoms with van der Waals surface area (Å²) in [5, 5.41) is 20.8. The predicted octanol–water partition coefficient (Wildman–Crippen LogP) is 4.04. The second kappa shape index (κ2) is 6.80. The molecular weight excluding hydrogens is 351 g/mol. The molecule has 6 heteroatoms. The lowest BCUT2D eigenvalue weighted by Crippen LogP contribution is -2.26. The summed E-state index contributed by atoms with van der Waals surface area (Å²) in [6.45, 7) is -0.365. The van der Waals surface area contributed by atoms with E-state index in [1.54, 1.807) is 11.8 Å². The van der Waals surface area contributed by atoms with Crippen molar-refractivity contribution < 1.29 is 5.02 Å². The number of nitrogens with zero attached hydrogens (tertiary/aromatic N) is 2. The molecule has 4 rings (SSSR count). The average molecular weight is 367 g/mol. The lowest BCUT2D eigenvalue weighted by molar-refractivity contribution is 0.587. The van der Waals surface area contributed by atoms with Crippen molar-refractivity contribution in [1.29, 1.82) is 5.26 Å². The Balaban J connectivity index is 1.82. The van der Waals surface area contributed by atoms with E-state index in [-0.39, 0.29) is 6.92 Å². The number of nitriles is 1. The number of thioether (sulfide) groups is 1. The van der Waals surface area contributed by atoms with Crippen molar-refractivity contribution in [3.05, 3.63) is 53.2 Å². The van der Waals surface area contributed by atoms with Crippen molar-refractivity contribution in [2.75, 3.05) is 5.75 Å². The van der Waals surface area contributed by atoms with Crippen LogP contribution in [0.25, 0.3) is 16.6 Å². The largest absolute Gasteiger partial charge is 0.446 e. The molecular formula is C19H16BClN2OS. The van der Waals surface area contributed by atoms with Gasteiger partial charge in [0, 0.05) is 39.4 Å². The summed E-state index contributed by atoms with van der Waals surface area (Å²) in [4.78, 5) is 1.12. The fraction of sp³-hybridized carbons (Fsp3) is 0.211. The van der Waals surface area contributed by atoms with Gasteiger partial charge in [-0.2, -0.15) is 5.26 Å². The monoisotopic (exact) mass is 366 g/mol. The lowest BCUT2D eigenvalue weighted by Gasteiger charge is -2.09. The molecule has 0 aliphatic carbocycles. The van der Waals surface area contributed by atoms with E-state index in [1.165, 1.54) is 5.56 Å². The van der Waals surface area contributed by atoms with Gasteiger partial charge in [0.05, 0.1) is 11.6 Å². The normalized spacial score (nSPS) is 13.2. The Morgan fingerprint density at radius 3 is 3.00 bits per heavy atom. The highest BCUT2D eigenvalue weighted by atomic mass is 35.5. The minimum atomic E-state index is -0.365. The molecule has 0 fully saturated rings. The summed E-state index contributed by atoms with van der Waals surface area (Å²) >= 11 is 7.87. The maximum absolute atomic E-state index is 10.2. The summed E-state index contributed by atoms with van der Waals surface area (Å²) in [6.07, 6.45) is 4.36. The van der Waals surface area contributed by atoms with Crippen LogP contribution in [0.4, 0.5) is 0 Å². The Bertz CT molecular complexity index is 995. The summed E-state index contributed by atoms with van der Waals surface area (Å²) in [6, 6.07) is 14.4. The molecule has 0 amide bonds. The summed E-state index contributed by atoms with van der Waals surface area (Å²) in [5.74, 6) is 0.755. The second-order valence-corrected chi connectivity index (χ2v) is 7.79. The van der Waals surface area contributed by atoms with Gasteiger partial charge in [0.1, 0.15) is 0 Å². The van der Waals surface area contributed by atoms with Gasteiger partial charge in [-0.15, -0.1) is 11.8 Å². The minimum Gasteiger partial charge on any atom is -0.446 e. The van der Waals surface area contributed by atoms with Crippen molar-refractivity contribution in [2.45, 2.75) is 24.1 Å². The Morgan fingerprint density at radius 1 is 1.28 bits per heavy atom. The minimum absolute atomic E-state index is 0.365. The van der Waals surface area contributed by atoms with Crippen molar-refractivity contribution in [2.24, 2.45) is 0 Å². The molecule has 2 heterocycles. The van der Waals surface area contributed by atoms with E-state index in [1.807, 2.05) is 18.2 Å². The van der Waals surface area contributed by atoms with E-state index < -0.39 is 0 Å². The van der Waals surface area contributed by atoms with Gasteiger partial charge in [-0.3, -0.25) is 0 Å². The van der Waals surface area contributed by atoms with Crippen LogP contribution in [0.2, 0.25) is 11.3 Å². The standard InChI is InChI=1S/C19H16BClN2OS/c21-14-3-5-18-16(10-14)19(25-9-1-8-22)12-23(18)15-4-2-13-6-7-20(24)17(13)11-15/h2-5,10-12,24H,1,6-7,9H2. The summed E-state index contributed by atoms with van der Waals surface area (Å²) in [7, 11) is 0. The number of aromatic nitrogens is 1. The highest BCUT2D eigenvalue weighted by Gasteiger charge is 2.25. The molecule has 0 atom stereocenters. The quantitative estimate of drug-likeness (QED) is 0.431. The van der Waals surface area contributed by atoms with Crippen LogP contribution in [0.5, 0.6) is 0 Å². The van der Waals surface area contributed by atoms with Crippen LogP contribution in [0.15, 0.2) is 47.5 Å². The number of rotatable bonds is 4. The van der Waals surface area contributed by atoms with Gasteiger partial charge in [-0.25, -0.2) is 0 Å². The first kappa shape index (κ1) is 16.6. The van der Waals surface area contributed by atoms with Crippen molar-refractivity contribution >= 4 is 46.6 Å².